The van der Waals surface area contributed by atoms with Crippen LogP contribution in [0.25, 0.3) is 0 Å². The first-order valence-electron chi connectivity index (χ1n) is 8.03. The number of aliphatic hydroxyl groups is 1. The van der Waals surface area contributed by atoms with E-state index < -0.39 is 13.7 Å². The predicted octanol–water partition coefficient (Wildman–Crippen LogP) is 4.07. The van der Waals surface area contributed by atoms with Crippen LogP contribution < -0.4 is 0 Å². The molecule has 0 bridgehead atoms. The molecule has 0 radical (unpaired) electrons. The summed E-state index contributed by atoms with van der Waals surface area (Å²) in [6, 6.07) is 0. The number of rotatable bonds is 6. The molecule has 0 aromatic rings. The molecule has 0 amide bonds. The van der Waals surface area contributed by atoms with E-state index in [1.165, 1.54) is 0 Å². The topological polar surface area (TPSA) is 46.5 Å². The van der Waals surface area contributed by atoms with Gasteiger partial charge in [0.2, 0.25) is 0 Å². The van der Waals surface area contributed by atoms with Crippen molar-refractivity contribution in [3.05, 3.63) is 12.2 Å². The minimum Gasteiger partial charge on any atom is -0.410 e. The number of allylic oxidation sites excluding steroid dienone is 1. The molecule has 1 aliphatic rings. The van der Waals surface area contributed by atoms with Crippen LogP contribution in [0.3, 0.4) is 0 Å². The van der Waals surface area contributed by atoms with Crippen LogP contribution in [0.1, 0.15) is 53.4 Å². The van der Waals surface area contributed by atoms with Gasteiger partial charge in [0.1, 0.15) is 5.78 Å². The van der Waals surface area contributed by atoms with E-state index in [0.29, 0.717) is 12.8 Å². The molecule has 2 atom stereocenters. The summed E-state index contributed by atoms with van der Waals surface area (Å²) in [6.07, 6.45) is 7.20. The highest BCUT2D eigenvalue weighted by atomic mass is 28.4. The van der Waals surface area contributed by atoms with Crippen molar-refractivity contribution in [3.8, 4) is 0 Å². The summed E-state index contributed by atoms with van der Waals surface area (Å²) in [4.78, 5) is 12.4. The zero-order valence-corrected chi connectivity index (χ0v) is 15.5. The molecule has 1 N–H and O–H groups in total. The van der Waals surface area contributed by atoms with Crippen molar-refractivity contribution >= 4 is 14.1 Å². The van der Waals surface area contributed by atoms with Crippen molar-refractivity contribution in [1.82, 2.24) is 0 Å². The molecule has 4 heteroatoms. The molecule has 0 fully saturated rings. The lowest BCUT2D eigenvalue weighted by molar-refractivity contribution is -0.132. The van der Waals surface area contributed by atoms with Crippen molar-refractivity contribution in [2.45, 2.75) is 77.6 Å². The van der Waals surface area contributed by atoms with Gasteiger partial charge in [-0.15, -0.1) is 0 Å². The minimum atomic E-state index is -1.93. The molecule has 0 aromatic carbocycles. The SMILES string of the molecule is CC(=O)[C@@]1(CCCO)CCC=C[C@@H]1O[Si](C)(C)C(C)(C)C. The average molecular weight is 313 g/mol. The highest BCUT2D eigenvalue weighted by Crippen LogP contribution is 2.45. The van der Waals surface area contributed by atoms with E-state index in [2.05, 4.69) is 46.0 Å². The largest absolute Gasteiger partial charge is 0.410 e. The Hall–Kier alpha value is -0.453. The Bertz CT molecular complexity index is 395. The van der Waals surface area contributed by atoms with Crippen LogP contribution in [0, 0.1) is 5.41 Å². The number of ketones is 1. The molecular formula is C17H32O3Si. The Morgan fingerprint density at radius 3 is 2.52 bits per heavy atom. The molecule has 0 aliphatic heterocycles. The van der Waals surface area contributed by atoms with Gasteiger partial charge in [-0.1, -0.05) is 32.9 Å². The molecule has 0 saturated carbocycles. The lowest BCUT2D eigenvalue weighted by Crippen LogP contribution is -2.51. The van der Waals surface area contributed by atoms with Gasteiger partial charge in [-0.3, -0.25) is 4.79 Å². The third-order valence-electron chi connectivity index (χ3n) is 5.32. The predicted molar refractivity (Wildman–Crippen MR) is 89.9 cm³/mol. The molecule has 0 unspecified atom stereocenters. The Morgan fingerprint density at radius 2 is 2.05 bits per heavy atom. The zero-order chi connectivity index (χ0) is 16.3. The lowest BCUT2D eigenvalue weighted by atomic mass is 9.69. The molecule has 0 aromatic heterocycles. The number of carbonyl (C=O) groups excluding carboxylic acids is 1. The Kier molecular flexibility index (Phi) is 5.98. The third kappa shape index (κ3) is 4.05. The Morgan fingerprint density at radius 1 is 1.43 bits per heavy atom. The number of hydrogen-bond acceptors (Lipinski definition) is 3. The fourth-order valence-electron chi connectivity index (χ4n) is 2.75. The lowest BCUT2D eigenvalue weighted by Gasteiger charge is -2.46. The highest BCUT2D eigenvalue weighted by Gasteiger charge is 2.48. The first-order valence-corrected chi connectivity index (χ1v) is 10.9. The molecule has 3 nitrogen and oxygen atoms in total. The Balaban J connectivity index is 3.07. The van der Waals surface area contributed by atoms with Crippen molar-refractivity contribution in [2.24, 2.45) is 5.41 Å². The molecule has 0 heterocycles. The normalized spacial score (nSPS) is 26.9. The fraction of sp³-hybridized carbons (Fsp3) is 0.824. The van der Waals surface area contributed by atoms with Crippen LogP contribution >= 0.6 is 0 Å². The van der Waals surface area contributed by atoms with Crippen LogP contribution in [0.4, 0.5) is 0 Å². The van der Waals surface area contributed by atoms with E-state index in [1.54, 1.807) is 6.92 Å². The van der Waals surface area contributed by atoms with Crippen LogP contribution in [-0.2, 0) is 9.22 Å². The van der Waals surface area contributed by atoms with Crippen LogP contribution in [-0.4, -0.2) is 31.9 Å². The van der Waals surface area contributed by atoms with E-state index in [9.17, 15) is 9.90 Å². The van der Waals surface area contributed by atoms with Gasteiger partial charge in [0.25, 0.3) is 0 Å². The number of carbonyl (C=O) groups is 1. The second-order valence-corrected chi connectivity index (χ2v) is 12.6. The van der Waals surface area contributed by atoms with Gasteiger partial charge in [0, 0.05) is 6.61 Å². The second kappa shape index (κ2) is 6.76. The summed E-state index contributed by atoms with van der Waals surface area (Å²) < 4.78 is 6.57. The van der Waals surface area contributed by atoms with E-state index in [0.717, 1.165) is 12.8 Å². The molecule has 0 saturated heterocycles. The summed E-state index contributed by atoms with van der Waals surface area (Å²) >= 11 is 0. The quantitative estimate of drug-likeness (QED) is 0.594. The molecule has 1 aliphatic carbocycles. The van der Waals surface area contributed by atoms with Crippen LogP contribution in [0.5, 0.6) is 0 Å². The maximum absolute atomic E-state index is 12.4. The van der Waals surface area contributed by atoms with Crippen LogP contribution in [0.15, 0.2) is 12.2 Å². The molecule has 0 spiro atoms. The van der Waals surface area contributed by atoms with Gasteiger partial charge < -0.3 is 9.53 Å². The molecular weight excluding hydrogens is 280 g/mol. The van der Waals surface area contributed by atoms with Gasteiger partial charge in [-0.2, -0.15) is 0 Å². The molecule has 21 heavy (non-hydrogen) atoms. The van der Waals surface area contributed by atoms with Gasteiger partial charge in [0.15, 0.2) is 8.32 Å². The summed E-state index contributed by atoms with van der Waals surface area (Å²) in [5.74, 6) is 0.198. The monoisotopic (exact) mass is 312 g/mol. The molecule has 122 valence electrons. The summed E-state index contributed by atoms with van der Waals surface area (Å²) in [5.41, 5.74) is -0.451. The van der Waals surface area contributed by atoms with E-state index in [-0.39, 0.29) is 23.5 Å². The summed E-state index contributed by atoms with van der Waals surface area (Å²) in [7, 11) is -1.93. The van der Waals surface area contributed by atoms with E-state index >= 15 is 0 Å². The zero-order valence-electron chi connectivity index (χ0n) is 14.5. The van der Waals surface area contributed by atoms with Gasteiger partial charge in [-0.05, 0) is 50.7 Å². The summed E-state index contributed by atoms with van der Waals surface area (Å²) in [6.45, 7) is 12.9. The van der Waals surface area contributed by atoms with Crippen molar-refractivity contribution in [3.63, 3.8) is 0 Å². The second-order valence-electron chi connectivity index (χ2n) is 7.81. The smallest absolute Gasteiger partial charge is 0.192 e. The van der Waals surface area contributed by atoms with Crippen molar-refractivity contribution in [2.75, 3.05) is 6.61 Å². The van der Waals surface area contributed by atoms with Crippen LogP contribution in [0.2, 0.25) is 18.1 Å². The first kappa shape index (κ1) is 18.6. The third-order valence-corrected chi connectivity index (χ3v) is 9.78. The maximum Gasteiger partial charge on any atom is 0.192 e. The van der Waals surface area contributed by atoms with Gasteiger partial charge >= 0.3 is 0 Å². The van der Waals surface area contributed by atoms with E-state index in [1.807, 2.05) is 0 Å². The molecule has 1 rings (SSSR count). The van der Waals surface area contributed by atoms with Crippen molar-refractivity contribution < 1.29 is 14.3 Å². The Labute approximate surface area is 130 Å². The standard InChI is InChI=1S/C17H32O3Si/c1-14(19)17(12-9-13-18)11-8-7-10-15(17)20-21(5,6)16(2,3)4/h7,10,15,18H,8-9,11-13H2,1-6H3/t15-,17-/m0/s1. The van der Waals surface area contributed by atoms with Gasteiger partial charge in [0.05, 0.1) is 11.5 Å². The maximum atomic E-state index is 12.4. The minimum absolute atomic E-state index is 0.123. The fourth-order valence-corrected chi connectivity index (χ4v) is 4.04. The number of Topliss-reactive ketones (excluding diaryl/α,β-unsaturated/α-hetero) is 1. The first-order chi connectivity index (χ1) is 9.57. The summed E-state index contributed by atoms with van der Waals surface area (Å²) in [5, 5.41) is 9.30. The average Bonchev–Trinajstić information content (AvgIpc) is 2.36. The van der Waals surface area contributed by atoms with Gasteiger partial charge in [-0.25, -0.2) is 0 Å². The van der Waals surface area contributed by atoms with Crippen molar-refractivity contribution in [1.29, 1.82) is 0 Å². The van der Waals surface area contributed by atoms with E-state index in [4.69, 9.17) is 4.43 Å². The number of hydrogen-bond donors (Lipinski definition) is 1. The number of aliphatic hydroxyl groups excluding tert-OH is 1. The highest BCUT2D eigenvalue weighted by molar-refractivity contribution is 6.74.